The van der Waals surface area contributed by atoms with Crippen molar-refractivity contribution in [2.75, 3.05) is 26.2 Å². The van der Waals surface area contributed by atoms with Crippen LogP contribution < -0.4 is 0 Å². The van der Waals surface area contributed by atoms with Crippen molar-refractivity contribution in [1.29, 1.82) is 0 Å². The summed E-state index contributed by atoms with van der Waals surface area (Å²) in [7, 11) is 0. The van der Waals surface area contributed by atoms with E-state index in [0.29, 0.717) is 23.5 Å². The maximum Gasteiger partial charge on any atom is 0.0689 e. The highest BCUT2D eigenvalue weighted by atomic mass is 16.5. The van der Waals surface area contributed by atoms with Crippen LogP contribution in [0.15, 0.2) is 0 Å². The van der Waals surface area contributed by atoms with Crippen molar-refractivity contribution in [1.82, 2.24) is 4.90 Å². The first-order valence-electron chi connectivity index (χ1n) is 9.87. The SMILES string of the molecule is CCCN(CCC)C[C@H](O)CCO[C@H]1C[C@H]2CC[C@@]1(C)C2(C)C. The van der Waals surface area contributed by atoms with E-state index in [-0.39, 0.29) is 6.10 Å². The third-order valence-corrected chi connectivity index (χ3v) is 7.03. The van der Waals surface area contributed by atoms with E-state index < -0.39 is 0 Å². The van der Waals surface area contributed by atoms with Crippen LogP contribution in [0.1, 0.15) is 73.1 Å². The predicted molar refractivity (Wildman–Crippen MR) is 96.6 cm³/mol. The minimum absolute atomic E-state index is 0.257. The van der Waals surface area contributed by atoms with Crippen LogP contribution in [-0.2, 0) is 4.74 Å². The third-order valence-electron chi connectivity index (χ3n) is 7.03. The Morgan fingerprint density at radius 1 is 1.17 bits per heavy atom. The van der Waals surface area contributed by atoms with Gasteiger partial charge in [0.1, 0.15) is 0 Å². The van der Waals surface area contributed by atoms with Crippen molar-refractivity contribution in [2.45, 2.75) is 85.4 Å². The molecule has 0 aromatic rings. The van der Waals surface area contributed by atoms with Gasteiger partial charge in [-0.15, -0.1) is 0 Å². The molecule has 4 atom stereocenters. The van der Waals surface area contributed by atoms with Crippen LogP contribution in [0.2, 0.25) is 0 Å². The normalized spacial score (nSPS) is 33.5. The predicted octanol–water partition coefficient (Wildman–Crippen LogP) is 4.09. The van der Waals surface area contributed by atoms with Gasteiger partial charge in [-0.05, 0) is 68.4 Å². The molecule has 0 unspecified atom stereocenters. The van der Waals surface area contributed by atoms with Gasteiger partial charge in [-0.3, -0.25) is 0 Å². The van der Waals surface area contributed by atoms with Crippen molar-refractivity contribution in [2.24, 2.45) is 16.7 Å². The second-order valence-corrected chi connectivity index (χ2v) is 8.71. The van der Waals surface area contributed by atoms with Gasteiger partial charge in [0, 0.05) is 13.2 Å². The van der Waals surface area contributed by atoms with Crippen LogP contribution in [0.25, 0.3) is 0 Å². The van der Waals surface area contributed by atoms with Crippen LogP contribution in [0.5, 0.6) is 0 Å². The molecule has 2 aliphatic rings. The summed E-state index contributed by atoms with van der Waals surface area (Å²) < 4.78 is 6.27. The van der Waals surface area contributed by atoms with Crippen molar-refractivity contribution >= 4 is 0 Å². The number of ether oxygens (including phenoxy) is 1. The molecule has 0 radical (unpaired) electrons. The van der Waals surface area contributed by atoms with Crippen LogP contribution in [0.4, 0.5) is 0 Å². The first kappa shape index (κ1) is 19.2. The summed E-state index contributed by atoms with van der Waals surface area (Å²) >= 11 is 0. The van der Waals surface area contributed by atoms with E-state index in [0.717, 1.165) is 44.8 Å². The monoisotopic (exact) mass is 325 g/mol. The molecule has 0 heterocycles. The first-order valence-corrected chi connectivity index (χ1v) is 9.87. The second kappa shape index (κ2) is 7.84. The second-order valence-electron chi connectivity index (χ2n) is 8.71. The van der Waals surface area contributed by atoms with Gasteiger partial charge in [0.05, 0.1) is 12.2 Å². The maximum absolute atomic E-state index is 10.3. The highest BCUT2D eigenvalue weighted by Gasteiger charge is 2.61. The molecule has 23 heavy (non-hydrogen) atoms. The zero-order valence-electron chi connectivity index (χ0n) is 16.1. The highest BCUT2D eigenvalue weighted by Crippen LogP contribution is 2.66. The molecule has 136 valence electrons. The van der Waals surface area contributed by atoms with Crippen LogP contribution >= 0.6 is 0 Å². The lowest BCUT2D eigenvalue weighted by atomic mass is 9.70. The summed E-state index contributed by atoms with van der Waals surface area (Å²) in [6, 6.07) is 0. The Morgan fingerprint density at radius 3 is 2.30 bits per heavy atom. The fourth-order valence-corrected chi connectivity index (χ4v) is 5.04. The van der Waals surface area contributed by atoms with E-state index in [1.165, 1.54) is 19.3 Å². The van der Waals surface area contributed by atoms with Gasteiger partial charge in [-0.25, -0.2) is 0 Å². The van der Waals surface area contributed by atoms with Crippen molar-refractivity contribution in [3.05, 3.63) is 0 Å². The van der Waals surface area contributed by atoms with Gasteiger partial charge in [-0.2, -0.15) is 0 Å². The molecular weight excluding hydrogens is 286 g/mol. The Bertz CT molecular complexity index is 365. The number of hydrogen-bond donors (Lipinski definition) is 1. The molecule has 0 aromatic heterocycles. The molecule has 3 heteroatoms. The number of aliphatic hydroxyl groups is 1. The van der Waals surface area contributed by atoms with Gasteiger partial charge in [0.2, 0.25) is 0 Å². The molecule has 2 saturated carbocycles. The van der Waals surface area contributed by atoms with Crippen LogP contribution in [-0.4, -0.2) is 48.5 Å². The number of rotatable bonds is 10. The molecule has 2 rings (SSSR count). The molecule has 0 aromatic carbocycles. The number of hydrogen-bond acceptors (Lipinski definition) is 3. The summed E-state index contributed by atoms with van der Waals surface area (Å²) in [5.74, 6) is 0.826. The summed E-state index contributed by atoms with van der Waals surface area (Å²) in [6.45, 7) is 15.4. The molecule has 1 N–H and O–H groups in total. The van der Waals surface area contributed by atoms with E-state index in [9.17, 15) is 5.11 Å². The lowest BCUT2D eigenvalue weighted by molar-refractivity contribution is -0.0564. The average Bonchev–Trinajstić information content (AvgIpc) is 2.81. The molecule has 3 nitrogen and oxygen atoms in total. The molecule has 0 saturated heterocycles. The Balaban J connectivity index is 1.73. The largest absolute Gasteiger partial charge is 0.392 e. The van der Waals surface area contributed by atoms with Gasteiger partial charge < -0.3 is 14.7 Å². The van der Waals surface area contributed by atoms with Gasteiger partial charge >= 0.3 is 0 Å². The summed E-state index contributed by atoms with van der Waals surface area (Å²) in [4.78, 5) is 2.38. The molecule has 2 fully saturated rings. The Hall–Kier alpha value is -0.120. The van der Waals surface area contributed by atoms with E-state index in [2.05, 4.69) is 39.5 Å². The molecular formula is C20H39NO2. The van der Waals surface area contributed by atoms with Crippen LogP contribution in [0.3, 0.4) is 0 Å². The third kappa shape index (κ3) is 3.93. The van der Waals surface area contributed by atoms with Gasteiger partial charge in [-0.1, -0.05) is 34.6 Å². The first-order chi connectivity index (χ1) is 10.8. The molecule has 2 aliphatic carbocycles. The molecule has 0 spiro atoms. The van der Waals surface area contributed by atoms with Crippen molar-refractivity contribution in [3.63, 3.8) is 0 Å². The molecule has 0 aliphatic heterocycles. The minimum Gasteiger partial charge on any atom is -0.392 e. The Labute approximate surface area is 143 Å². The van der Waals surface area contributed by atoms with Crippen molar-refractivity contribution in [3.8, 4) is 0 Å². The van der Waals surface area contributed by atoms with Gasteiger partial charge in [0.15, 0.2) is 0 Å². The maximum atomic E-state index is 10.3. The average molecular weight is 326 g/mol. The Kier molecular flexibility index (Phi) is 6.55. The fourth-order valence-electron chi connectivity index (χ4n) is 5.04. The highest BCUT2D eigenvalue weighted by molar-refractivity contribution is 5.11. The van der Waals surface area contributed by atoms with E-state index in [4.69, 9.17) is 4.74 Å². The van der Waals surface area contributed by atoms with E-state index >= 15 is 0 Å². The number of aliphatic hydroxyl groups excluding tert-OH is 1. The topological polar surface area (TPSA) is 32.7 Å². The molecule has 0 amide bonds. The lowest BCUT2D eigenvalue weighted by Gasteiger charge is -2.39. The lowest BCUT2D eigenvalue weighted by Crippen LogP contribution is -2.38. The smallest absolute Gasteiger partial charge is 0.0689 e. The summed E-state index contributed by atoms with van der Waals surface area (Å²) in [5.41, 5.74) is 0.744. The fraction of sp³-hybridized carbons (Fsp3) is 1.00. The zero-order chi connectivity index (χ0) is 17.1. The Morgan fingerprint density at radius 2 is 1.83 bits per heavy atom. The summed E-state index contributed by atoms with van der Waals surface area (Å²) in [5, 5.41) is 10.3. The van der Waals surface area contributed by atoms with Crippen LogP contribution in [0, 0.1) is 16.7 Å². The van der Waals surface area contributed by atoms with E-state index in [1.807, 2.05) is 0 Å². The van der Waals surface area contributed by atoms with E-state index in [1.54, 1.807) is 0 Å². The van der Waals surface area contributed by atoms with Gasteiger partial charge in [0.25, 0.3) is 0 Å². The number of fused-ring (bicyclic) bond motifs is 2. The zero-order valence-corrected chi connectivity index (χ0v) is 16.1. The standard InChI is InChI=1S/C20H39NO2/c1-6-11-21(12-7-2)15-17(22)9-13-23-18-14-16-8-10-20(18,5)19(16,3)4/h16-18,22H,6-15H2,1-5H3/t16-,17-,18+,20-/m1/s1. The molecule has 2 bridgehead atoms. The number of nitrogens with zero attached hydrogens (tertiary/aromatic N) is 1. The van der Waals surface area contributed by atoms with Crippen molar-refractivity contribution < 1.29 is 9.84 Å². The quantitative estimate of drug-likeness (QED) is 0.656. The minimum atomic E-state index is -0.257. The summed E-state index contributed by atoms with van der Waals surface area (Å²) in [6.07, 6.45) is 7.10.